The number of sulfone groups is 1. The number of pyridine rings is 1. The fraction of sp³-hybridized carbons (Fsp3) is 0.444. The molecule has 1 aromatic heterocycles. The Hall–Kier alpha value is -2.15. The quantitative estimate of drug-likeness (QED) is 0.810. The minimum absolute atomic E-state index is 0.0254. The van der Waals surface area contributed by atoms with Crippen molar-refractivity contribution in [2.45, 2.75) is 19.9 Å². The van der Waals surface area contributed by atoms with Crippen molar-refractivity contribution >= 4 is 26.5 Å². The monoisotopic (exact) mass is 362 g/mol. The van der Waals surface area contributed by atoms with E-state index in [1.165, 1.54) is 4.57 Å². The average Bonchev–Trinajstić information content (AvgIpc) is 2.71. The van der Waals surface area contributed by atoms with E-state index in [9.17, 15) is 18.0 Å². The number of fused-ring (bicyclic) bond motifs is 1. The Kier molecular flexibility index (Phi) is 4.69. The van der Waals surface area contributed by atoms with Crippen molar-refractivity contribution in [2.75, 3.05) is 24.6 Å². The molecule has 0 saturated carbocycles. The van der Waals surface area contributed by atoms with Crippen LogP contribution in [0.4, 0.5) is 0 Å². The fourth-order valence-electron chi connectivity index (χ4n) is 3.38. The van der Waals surface area contributed by atoms with Crippen molar-refractivity contribution < 1.29 is 13.2 Å². The maximum absolute atomic E-state index is 12.9. The zero-order valence-corrected chi connectivity index (χ0v) is 15.2. The number of hydrogen-bond acceptors (Lipinski definition) is 4. The summed E-state index contributed by atoms with van der Waals surface area (Å²) in [7, 11) is -3.12. The lowest BCUT2D eigenvalue weighted by Crippen LogP contribution is -2.41. The van der Waals surface area contributed by atoms with Crippen LogP contribution in [0, 0.1) is 5.92 Å². The van der Waals surface area contributed by atoms with Crippen LogP contribution in [0.1, 0.15) is 19.9 Å². The maximum atomic E-state index is 12.9. The highest BCUT2D eigenvalue weighted by Crippen LogP contribution is 2.17. The van der Waals surface area contributed by atoms with Gasteiger partial charge in [0.1, 0.15) is 6.04 Å². The van der Waals surface area contributed by atoms with E-state index in [4.69, 9.17) is 0 Å². The van der Waals surface area contributed by atoms with Gasteiger partial charge >= 0.3 is 0 Å². The lowest BCUT2D eigenvalue weighted by molar-refractivity contribution is -0.134. The Morgan fingerprint density at radius 2 is 1.96 bits per heavy atom. The van der Waals surface area contributed by atoms with Crippen LogP contribution in [0.3, 0.4) is 0 Å². The molecule has 0 radical (unpaired) electrons. The van der Waals surface area contributed by atoms with Crippen LogP contribution in [-0.4, -0.2) is 48.4 Å². The van der Waals surface area contributed by atoms with E-state index in [1.54, 1.807) is 30.2 Å². The number of rotatable bonds is 2. The molecule has 6 nitrogen and oxygen atoms in total. The fourth-order valence-corrected chi connectivity index (χ4v) is 5.02. The molecule has 1 fully saturated rings. The van der Waals surface area contributed by atoms with E-state index >= 15 is 0 Å². The highest BCUT2D eigenvalue weighted by molar-refractivity contribution is 7.91. The molecule has 0 bridgehead atoms. The normalized spacial score (nSPS) is 21.7. The van der Waals surface area contributed by atoms with Gasteiger partial charge in [0.05, 0.1) is 11.5 Å². The number of amides is 1. The van der Waals surface area contributed by atoms with Crippen LogP contribution >= 0.6 is 0 Å². The third-order valence-electron chi connectivity index (χ3n) is 4.67. The van der Waals surface area contributed by atoms with Gasteiger partial charge in [-0.3, -0.25) is 9.59 Å². The van der Waals surface area contributed by atoms with Crippen molar-refractivity contribution in [1.82, 2.24) is 9.47 Å². The predicted molar refractivity (Wildman–Crippen MR) is 97.3 cm³/mol. The second-order valence-corrected chi connectivity index (χ2v) is 9.02. The number of benzene rings is 1. The minimum Gasteiger partial charge on any atom is -0.340 e. The van der Waals surface area contributed by atoms with Gasteiger partial charge in [-0.15, -0.1) is 0 Å². The van der Waals surface area contributed by atoms with Gasteiger partial charge in [-0.2, -0.15) is 0 Å². The summed E-state index contributed by atoms with van der Waals surface area (Å²) in [5.74, 6) is -0.262. The second kappa shape index (κ2) is 6.63. The molecule has 3 rings (SSSR count). The minimum atomic E-state index is -3.12. The van der Waals surface area contributed by atoms with Crippen LogP contribution in [0.15, 0.2) is 41.3 Å². The number of carbonyl (C=O) groups excluding carboxylic acids is 1. The molecule has 1 aliphatic heterocycles. The largest absolute Gasteiger partial charge is 0.340 e. The zero-order valence-electron chi connectivity index (χ0n) is 14.4. The molecule has 1 aliphatic rings. The Balaban J connectivity index is 1.90. The Bertz CT molecular complexity index is 964. The molecule has 2 unspecified atom stereocenters. The molecule has 134 valence electrons. The molecular weight excluding hydrogens is 340 g/mol. The first-order valence-electron chi connectivity index (χ1n) is 8.37. The van der Waals surface area contributed by atoms with Crippen molar-refractivity contribution in [2.24, 2.45) is 5.92 Å². The molecule has 1 saturated heterocycles. The van der Waals surface area contributed by atoms with E-state index in [2.05, 4.69) is 0 Å². The Labute approximate surface area is 147 Å². The smallest absolute Gasteiger partial charge is 0.259 e. The molecule has 2 heterocycles. The first-order chi connectivity index (χ1) is 11.8. The van der Waals surface area contributed by atoms with E-state index < -0.39 is 15.9 Å². The Morgan fingerprint density at radius 3 is 2.72 bits per heavy atom. The number of aromatic nitrogens is 1. The van der Waals surface area contributed by atoms with Crippen molar-refractivity contribution in [3.8, 4) is 0 Å². The van der Waals surface area contributed by atoms with Gasteiger partial charge in [0.15, 0.2) is 9.84 Å². The van der Waals surface area contributed by atoms with E-state index in [0.29, 0.717) is 11.9 Å². The van der Waals surface area contributed by atoms with Crippen LogP contribution in [0.25, 0.3) is 10.8 Å². The topological polar surface area (TPSA) is 76.5 Å². The summed E-state index contributed by atoms with van der Waals surface area (Å²) < 4.78 is 25.2. The standard InChI is InChI=1S/C18H22N2O4S/c1-13-11-19(9-10-25(23,24)12-13)17(21)14(2)20-8-7-15-5-3-4-6-16(15)18(20)22/h3-8,13-14H,9-12H2,1-2H3. The van der Waals surface area contributed by atoms with Gasteiger partial charge in [-0.05, 0) is 30.4 Å². The van der Waals surface area contributed by atoms with Crippen molar-refractivity contribution in [3.63, 3.8) is 0 Å². The molecule has 0 aliphatic carbocycles. The first kappa shape index (κ1) is 17.7. The van der Waals surface area contributed by atoms with Crippen molar-refractivity contribution in [3.05, 3.63) is 46.9 Å². The maximum Gasteiger partial charge on any atom is 0.259 e. The van der Waals surface area contributed by atoms with E-state index in [1.807, 2.05) is 25.1 Å². The Morgan fingerprint density at radius 1 is 1.24 bits per heavy atom. The third-order valence-corrected chi connectivity index (χ3v) is 6.55. The summed E-state index contributed by atoms with van der Waals surface area (Å²) in [6.07, 6.45) is 1.63. The first-order valence-corrected chi connectivity index (χ1v) is 10.2. The van der Waals surface area contributed by atoms with E-state index in [0.717, 1.165) is 5.39 Å². The molecule has 0 spiro atoms. The van der Waals surface area contributed by atoms with Gasteiger partial charge in [-0.25, -0.2) is 8.42 Å². The zero-order chi connectivity index (χ0) is 18.2. The lowest BCUT2D eigenvalue weighted by atomic mass is 10.1. The number of hydrogen-bond donors (Lipinski definition) is 0. The molecule has 1 amide bonds. The van der Waals surface area contributed by atoms with Crippen LogP contribution in [-0.2, 0) is 14.6 Å². The summed E-state index contributed by atoms with van der Waals surface area (Å²) in [5.41, 5.74) is -0.213. The molecule has 1 aromatic carbocycles. The summed E-state index contributed by atoms with van der Waals surface area (Å²) in [4.78, 5) is 27.1. The predicted octanol–water partition coefficient (Wildman–Crippen LogP) is 1.46. The molecule has 7 heteroatoms. The summed E-state index contributed by atoms with van der Waals surface area (Å²) in [5, 5.41) is 1.40. The van der Waals surface area contributed by atoms with E-state index in [-0.39, 0.29) is 35.4 Å². The lowest BCUT2D eigenvalue weighted by Gasteiger charge is -2.26. The number of carbonyl (C=O) groups is 1. The molecule has 25 heavy (non-hydrogen) atoms. The SMILES string of the molecule is CC1CN(C(=O)C(C)n2ccc3ccccc3c2=O)CCS(=O)(=O)C1. The molecule has 2 atom stereocenters. The van der Waals surface area contributed by atoms with Crippen molar-refractivity contribution in [1.29, 1.82) is 0 Å². The second-order valence-electron chi connectivity index (χ2n) is 6.80. The number of nitrogens with zero attached hydrogens (tertiary/aromatic N) is 2. The molecule has 2 aromatic rings. The van der Waals surface area contributed by atoms with Gasteiger partial charge in [0.2, 0.25) is 5.91 Å². The third kappa shape index (κ3) is 3.61. The van der Waals surface area contributed by atoms with Gasteiger partial charge in [0, 0.05) is 24.7 Å². The van der Waals surface area contributed by atoms with Gasteiger partial charge in [-0.1, -0.05) is 25.1 Å². The van der Waals surface area contributed by atoms with Gasteiger partial charge in [0.25, 0.3) is 5.56 Å². The highest BCUT2D eigenvalue weighted by atomic mass is 32.2. The van der Waals surface area contributed by atoms with Crippen LogP contribution in [0.5, 0.6) is 0 Å². The highest BCUT2D eigenvalue weighted by Gasteiger charge is 2.30. The summed E-state index contributed by atoms with van der Waals surface area (Å²) in [6.45, 7) is 4.08. The summed E-state index contributed by atoms with van der Waals surface area (Å²) >= 11 is 0. The summed E-state index contributed by atoms with van der Waals surface area (Å²) in [6, 6.07) is 8.39. The average molecular weight is 362 g/mol. The van der Waals surface area contributed by atoms with Gasteiger partial charge < -0.3 is 9.47 Å². The van der Waals surface area contributed by atoms with Crippen LogP contribution in [0.2, 0.25) is 0 Å². The van der Waals surface area contributed by atoms with Crippen LogP contribution < -0.4 is 5.56 Å². The molecule has 0 N–H and O–H groups in total. The molecular formula is C18H22N2O4S.